The van der Waals surface area contributed by atoms with Crippen molar-refractivity contribution in [3.05, 3.63) is 35.0 Å². The molecule has 0 aliphatic heterocycles. The van der Waals surface area contributed by atoms with E-state index in [-0.39, 0.29) is 4.65 Å². The number of nitrogens with zero attached hydrogens (tertiary/aromatic N) is 1. The first-order chi connectivity index (χ1) is 7.83. The van der Waals surface area contributed by atoms with Gasteiger partial charge in [-0.3, -0.25) is 0 Å². The number of phenols is 1. The Hall–Kier alpha value is -1.06. The lowest BCUT2D eigenvalue weighted by Gasteiger charge is -2.38. The Morgan fingerprint density at radius 2 is 2.00 bits per heavy atom. The molecular formula is C14H23NO2. The molecule has 0 radical (unpaired) electrons. The number of hydroxylamine groups is 3. The van der Waals surface area contributed by atoms with Crippen molar-refractivity contribution in [3.63, 3.8) is 0 Å². The minimum Gasteiger partial charge on any atom is -0.633 e. The molecule has 0 bridgehead atoms. The zero-order valence-corrected chi connectivity index (χ0v) is 11.2. The third-order valence-electron chi connectivity index (χ3n) is 3.15. The minimum absolute atomic E-state index is 0.267. The molecule has 2 atom stereocenters. The summed E-state index contributed by atoms with van der Waals surface area (Å²) in [5.74, 6) is 0.923. The van der Waals surface area contributed by atoms with Crippen LogP contribution < -0.4 is 0 Å². The van der Waals surface area contributed by atoms with E-state index in [2.05, 4.69) is 13.8 Å². The van der Waals surface area contributed by atoms with E-state index in [1.807, 2.05) is 12.1 Å². The Bertz CT molecular complexity index is 357. The van der Waals surface area contributed by atoms with E-state index in [1.54, 1.807) is 26.2 Å². The molecule has 3 nitrogen and oxygen atoms in total. The van der Waals surface area contributed by atoms with E-state index >= 15 is 0 Å². The Balaban J connectivity index is 2.84. The fraction of sp³-hybridized carbons (Fsp3) is 0.571. The number of phenolic OH excluding ortho intramolecular Hbond substituents is 1. The monoisotopic (exact) mass is 237 g/mol. The van der Waals surface area contributed by atoms with Crippen LogP contribution in [0, 0.1) is 11.1 Å². The fourth-order valence-corrected chi connectivity index (χ4v) is 2.54. The molecule has 0 amide bonds. The molecule has 0 heterocycles. The highest BCUT2D eigenvalue weighted by molar-refractivity contribution is 5.30. The first kappa shape index (κ1) is 14.0. The van der Waals surface area contributed by atoms with Gasteiger partial charge in [-0.25, -0.2) is 0 Å². The minimum atomic E-state index is -0.267. The van der Waals surface area contributed by atoms with Gasteiger partial charge >= 0.3 is 0 Å². The Morgan fingerprint density at radius 3 is 2.47 bits per heavy atom. The van der Waals surface area contributed by atoms with Crippen LogP contribution in [0.15, 0.2) is 24.3 Å². The normalized spacial score (nSPS) is 15.6. The Labute approximate surface area is 104 Å². The van der Waals surface area contributed by atoms with Crippen LogP contribution in [0.2, 0.25) is 0 Å². The Kier molecular flexibility index (Phi) is 4.54. The smallest absolute Gasteiger partial charge is 0.115 e. The van der Waals surface area contributed by atoms with Gasteiger partial charge in [-0.15, -0.1) is 0 Å². The van der Waals surface area contributed by atoms with Crippen molar-refractivity contribution in [1.29, 1.82) is 0 Å². The predicted octanol–water partition coefficient (Wildman–Crippen LogP) is 3.10. The lowest BCUT2D eigenvalue weighted by molar-refractivity contribution is -0.843. The van der Waals surface area contributed by atoms with Crippen molar-refractivity contribution in [3.8, 4) is 5.75 Å². The van der Waals surface area contributed by atoms with E-state index in [0.717, 1.165) is 12.0 Å². The molecule has 1 rings (SSSR count). The SMILES string of the molecule is CCC(c1cccc(O)c1)C(C)C[N+](C)(C)[O-]. The summed E-state index contributed by atoms with van der Waals surface area (Å²) in [6, 6.07) is 7.36. The van der Waals surface area contributed by atoms with Crippen LogP contribution in [0.3, 0.4) is 0 Å². The zero-order chi connectivity index (χ0) is 13.1. The molecule has 0 saturated carbocycles. The third kappa shape index (κ3) is 4.36. The number of benzene rings is 1. The van der Waals surface area contributed by atoms with Gasteiger partial charge in [0.05, 0.1) is 20.6 Å². The van der Waals surface area contributed by atoms with E-state index in [9.17, 15) is 10.3 Å². The van der Waals surface area contributed by atoms with Crippen LogP contribution in [0.25, 0.3) is 0 Å². The average Bonchev–Trinajstić information content (AvgIpc) is 2.15. The summed E-state index contributed by atoms with van der Waals surface area (Å²) in [7, 11) is 3.34. The predicted molar refractivity (Wildman–Crippen MR) is 70.6 cm³/mol. The second-order valence-electron chi connectivity index (χ2n) is 5.34. The molecule has 0 aliphatic rings. The molecule has 1 aromatic carbocycles. The number of aromatic hydroxyl groups is 1. The maximum atomic E-state index is 11.7. The quantitative estimate of drug-likeness (QED) is 0.631. The molecule has 0 aromatic heterocycles. The molecule has 3 heteroatoms. The summed E-state index contributed by atoms with van der Waals surface area (Å²) >= 11 is 0. The number of quaternary nitrogens is 1. The lowest BCUT2D eigenvalue weighted by atomic mass is 9.85. The second-order valence-corrected chi connectivity index (χ2v) is 5.34. The van der Waals surface area contributed by atoms with Crippen molar-refractivity contribution >= 4 is 0 Å². The summed E-state index contributed by atoms with van der Waals surface area (Å²) in [5.41, 5.74) is 1.12. The van der Waals surface area contributed by atoms with E-state index < -0.39 is 0 Å². The number of hydrogen-bond acceptors (Lipinski definition) is 2. The summed E-state index contributed by atoms with van der Waals surface area (Å²) in [5, 5.41) is 21.2. The Morgan fingerprint density at radius 1 is 1.35 bits per heavy atom. The summed E-state index contributed by atoms with van der Waals surface area (Å²) in [4.78, 5) is 0. The van der Waals surface area contributed by atoms with Crippen molar-refractivity contribution in [2.24, 2.45) is 5.92 Å². The van der Waals surface area contributed by atoms with Gasteiger partial charge in [0.2, 0.25) is 0 Å². The molecule has 0 spiro atoms. The maximum Gasteiger partial charge on any atom is 0.115 e. The molecule has 1 aromatic rings. The van der Waals surface area contributed by atoms with E-state index in [1.165, 1.54) is 0 Å². The van der Waals surface area contributed by atoms with Gasteiger partial charge in [0.1, 0.15) is 5.75 Å². The topological polar surface area (TPSA) is 43.3 Å². The standard InChI is InChI=1S/C14H23NO2/c1-5-14(11(2)10-15(3,4)17)12-7-6-8-13(16)9-12/h6-9,11,14,16H,5,10H2,1-4H3. The molecule has 1 N–H and O–H groups in total. The average molecular weight is 237 g/mol. The summed E-state index contributed by atoms with van der Waals surface area (Å²) in [6.07, 6.45) is 0.977. The van der Waals surface area contributed by atoms with Gasteiger partial charge < -0.3 is 15.0 Å². The highest BCUT2D eigenvalue weighted by Gasteiger charge is 2.21. The summed E-state index contributed by atoms with van der Waals surface area (Å²) < 4.78 is -0.267. The van der Waals surface area contributed by atoms with Crippen molar-refractivity contribution in [1.82, 2.24) is 0 Å². The van der Waals surface area contributed by atoms with Crippen molar-refractivity contribution < 1.29 is 9.75 Å². The molecule has 0 saturated heterocycles. The summed E-state index contributed by atoms with van der Waals surface area (Å²) in [6.45, 7) is 4.82. The number of rotatable bonds is 5. The van der Waals surface area contributed by atoms with Gasteiger partial charge in [-0.05, 0) is 30.0 Å². The molecule has 96 valence electrons. The third-order valence-corrected chi connectivity index (χ3v) is 3.15. The first-order valence-corrected chi connectivity index (χ1v) is 6.16. The fourth-order valence-electron chi connectivity index (χ4n) is 2.54. The molecule has 0 aliphatic carbocycles. The van der Waals surface area contributed by atoms with Crippen molar-refractivity contribution in [2.75, 3.05) is 20.6 Å². The zero-order valence-electron chi connectivity index (χ0n) is 11.2. The van der Waals surface area contributed by atoms with Crippen LogP contribution in [-0.2, 0) is 0 Å². The maximum absolute atomic E-state index is 11.7. The first-order valence-electron chi connectivity index (χ1n) is 6.16. The van der Waals surface area contributed by atoms with Crippen molar-refractivity contribution in [2.45, 2.75) is 26.2 Å². The van der Waals surface area contributed by atoms with Gasteiger partial charge in [-0.1, -0.05) is 26.0 Å². The highest BCUT2D eigenvalue weighted by atomic mass is 16.5. The highest BCUT2D eigenvalue weighted by Crippen LogP contribution is 2.30. The molecule has 2 unspecified atom stereocenters. The van der Waals surface area contributed by atoms with Crippen LogP contribution in [0.5, 0.6) is 5.75 Å². The van der Waals surface area contributed by atoms with E-state index in [4.69, 9.17) is 0 Å². The second kappa shape index (κ2) is 5.52. The van der Waals surface area contributed by atoms with Crippen LogP contribution in [0.1, 0.15) is 31.7 Å². The van der Waals surface area contributed by atoms with Crippen LogP contribution >= 0.6 is 0 Å². The van der Waals surface area contributed by atoms with Gasteiger partial charge in [0.25, 0.3) is 0 Å². The van der Waals surface area contributed by atoms with E-state index in [0.29, 0.717) is 24.1 Å². The molecule has 17 heavy (non-hydrogen) atoms. The molecular weight excluding hydrogens is 214 g/mol. The lowest BCUT2D eigenvalue weighted by Crippen LogP contribution is -2.38. The van der Waals surface area contributed by atoms with Crippen LogP contribution in [0.4, 0.5) is 0 Å². The van der Waals surface area contributed by atoms with Gasteiger partial charge in [0, 0.05) is 5.92 Å². The number of hydrogen-bond donors (Lipinski definition) is 1. The van der Waals surface area contributed by atoms with Crippen LogP contribution in [-0.4, -0.2) is 30.4 Å². The largest absolute Gasteiger partial charge is 0.633 e. The van der Waals surface area contributed by atoms with Gasteiger partial charge in [-0.2, -0.15) is 0 Å². The van der Waals surface area contributed by atoms with Gasteiger partial charge in [0.15, 0.2) is 0 Å². The molecule has 0 fully saturated rings.